The summed E-state index contributed by atoms with van der Waals surface area (Å²) in [4.78, 5) is 14.4. The molecule has 1 saturated heterocycles. The SMILES string of the molecule is COc1ccc(OCC(=O)NC[C@@H]2CN(Cc3ccccc3)CCO2)cc1. The molecule has 0 aliphatic carbocycles. The average molecular weight is 370 g/mol. The molecule has 6 nitrogen and oxygen atoms in total. The van der Waals surface area contributed by atoms with E-state index in [1.54, 1.807) is 31.4 Å². The monoisotopic (exact) mass is 370 g/mol. The molecule has 0 aromatic heterocycles. The van der Waals surface area contributed by atoms with E-state index in [-0.39, 0.29) is 18.6 Å². The number of methoxy groups -OCH3 is 1. The van der Waals surface area contributed by atoms with Crippen LogP contribution < -0.4 is 14.8 Å². The highest BCUT2D eigenvalue weighted by Gasteiger charge is 2.21. The second-order valence-electron chi connectivity index (χ2n) is 6.48. The van der Waals surface area contributed by atoms with E-state index in [0.29, 0.717) is 18.9 Å². The number of carbonyl (C=O) groups is 1. The molecule has 0 saturated carbocycles. The fourth-order valence-electron chi connectivity index (χ4n) is 2.99. The maximum Gasteiger partial charge on any atom is 0.258 e. The molecule has 1 fully saturated rings. The van der Waals surface area contributed by atoms with Gasteiger partial charge in [-0.1, -0.05) is 30.3 Å². The van der Waals surface area contributed by atoms with Gasteiger partial charge in [0.25, 0.3) is 5.91 Å². The van der Waals surface area contributed by atoms with Crippen LogP contribution in [-0.2, 0) is 16.1 Å². The molecular formula is C21H26N2O4. The molecular weight excluding hydrogens is 344 g/mol. The third-order valence-electron chi connectivity index (χ3n) is 4.43. The van der Waals surface area contributed by atoms with Crippen LogP contribution >= 0.6 is 0 Å². The molecule has 27 heavy (non-hydrogen) atoms. The highest BCUT2D eigenvalue weighted by Crippen LogP contribution is 2.16. The molecule has 1 N–H and O–H groups in total. The van der Waals surface area contributed by atoms with E-state index >= 15 is 0 Å². The molecule has 1 atom stereocenters. The van der Waals surface area contributed by atoms with Gasteiger partial charge in [0.15, 0.2) is 6.61 Å². The fraction of sp³-hybridized carbons (Fsp3) is 0.381. The highest BCUT2D eigenvalue weighted by molar-refractivity contribution is 5.77. The molecule has 0 unspecified atom stereocenters. The van der Waals surface area contributed by atoms with Crippen molar-refractivity contribution in [3.8, 4) is 11.5 Å². The first-order valence-electron chi connectivity index (χ1n) is 9.14. The molecule has 0 spiro atoms. The summed E-state index contributed by atoms with van der Waals surface area (Å²) in [5, 5.41) is 2.89. The number of benzene rings is 2. The van der Waals surface area contributed by atoms with Crippen LogP contribution in [0.3, 0.4) is 0 Å². The van der Waals surface area contributed by atoms with Crippen LogP contribution in [0.15, 0.2) is 54.6 Å². The second kappa shape index (κ2) is 9.94. The van der Waals surface area contributed by atoms with Crippen molar-refractivity contribution >= 4 is 5.91 Å². The Hall–Kier alpha value is -2.57. The zero-order valence-electron chi connectivity index (χ0n) is 15.6. The Bertz CT molecular complexity index is 706. The van der Waals surface area contributed by atoms with Gasteiger partial charge in [-0.3, -0.25) is 9.69 Å². The minimum absolute atomic E-state index is 0.00704. The number of nitrogens with one attached hydrogen (secondary N) is 1. The Kier molecular flexibility index (Phi) is 7.07. The molecule has 144 valence electrons. The van der Waals surface area contributed by atoms with Crippen molar-refractivity contribution in [1.82, 2.24) is 10.2 Å². The van der Waals surface area contributed by atoms with Crippen molar-refractivity contribution in [2.24, 2.45) is 0 Å². The summed E-state index contributed by atoms with van der Waals surface area (Å²) in [5.74, 6) is 1.23. The van der Waals surface area contributed by atoms with Gasteiger partial charge in [0, 0.05) is 26.2 Å². The zero-order valence-corrected chi connectivity index (χ0v) is 15.6. The molecule has 2 aromatic rings. The van der Waals surface area contributed by atoms with Crippen molar-refractivity contribution in [1.29, 1.82) is 0 Å². The number of hydrogen-bond acceptors (Lipinski definition) is 5. The Balaban J connectivity index is 1.37. The van der Waals surface area contributed by atoms with Crippen LogP contribution in [-0.4, -0.2) is 56.9 Å². The summed E-state index contributed by atoms with van der Waals surface area (Å²) in [6.45, 7) is 3.74. The maximum absolute atomic E-state index is 12.0. The van der Waals surface area contributed by atoms with Crippen LogP contribution in [0.4, 0.5) is 0 Å². The van der Waals surface area contributed by atoms with Gasteiger partial charge in [-0.15, -0.1) is 0 Å². The topological polar surface area (TPSA) is 60.0 Å². The van der Waals surface area contributed by atoms with Gasteiger partial charge in [-0.05, 0) is 29.8 Å². The smallest absolute Gasteiger partial charge is 0.258 e. The zero-order chi connectivity index (χ0) is 18.9. The van der Waals surface area contributed by atoms with E-state index in [1.165, 1.54) is 5.56 Å². The van der Waals surface area contributed by atoms with E-state index in [1.807, 2.05) is 6.07 Å². The number of nitrogens with zero attached hydrogens (tertiary/aromatic N) is 1. The van der Waals surface area contributed by atoms with Crippen LogP contribution in [0.5, 0.6) is 11.5 Å². The Morgan fingerprint density at radius 1 is 1.15 bits per heavy atom. The minimum atomic E-state index is -0.158. The lowest BCUT2D eigenvalue weighted by Crippen LogP contribution is -2.47. The molecule has 1 heterocycles. The lowest BCUT2D eigenvalue weighted by molar-refractivity contribution is -0.124. The van der Waals surface area contributed by atoms with Crippen molar-refractivity contribution in [3.63, 3.8) is 0 Å². The Morgan fingerprint density at radius 2 is 1.89 bits per heavy atom. The van der Waals surface area contributed by atoms with Crippen molar-refractivity contribution in [2.75, 3.05) is 40.0 Å². The molecule has 2 aromatic carbocycles. The van der Waals surface area contributed by atoms with Gasteiger partial charge in [0.1, 0.15) is 11.5 Å². The molecule has 0 radical (unpaired) electrons. The maximum atomic E-state index is 12.0. The van der Waals surface area contributed by atoms with Crippen molar-refractivity contribution in [3.05, 3.63) is 60.2 Å². The van der Waals surface area contributed by atoms with Crippen LogP contribution in [0, 0.1) is 0 Å². The van der Waals surface area contributed by atoms with Crippen LogP contribution in [0.25, 0.3) is 0 Å². The largest absolute Gasteiger partial charge is 0.497 e. The van der Waals surface area contributed by atoms with Crippen LogP contribution in [0.1, 0.15) is 5.56 Å². The van der Waals surface area contributed by atoms with Gasteiger partial charge >= 0.3 is 0 Å². The quantitative estimate of drug-likeness (QED) is 0.771. The molecule has 1 amide bonds. The van der Waals surface area contributed by atoms with E-state index in [2.05, 4.69) is 34.5 Å². The van der Waals surface area contributed by atoms with E-state index in [0.717, 1.165) is 25.4 Å². The number of amides is 1. The summed E-state index contributed by atoms with van der Waals surface area (Å²) in [6.07, 6.45) is -0.00704. The van der Waals surface area contributed by atoms with Gasteiger partial charge < -0.3 is 19.5 Å². The first kappa shape index (κ1) is 19.2. The highest BCUT2D eigenvalue weighted by atomic mass is 16.5. The molecule has 6 heteroatoms. The standard InChI is InChI=1S/C21H26N2O4/c1-25-18-7-9-19(10-8-18)27-16-21(24)22-13-20-15-23(11-12-26-20)14-17-5-3-2-4-6-17/h2-10,20H,11-16H2,1H3,(H,22,24)/t20-/m1/s1. The van der Waals surface area contributed by atoms with Gasteiger partial charge in [0.2, 0.25) is 0 Å². The lowest BCUT2D eigenvalue weighted by Gasteiger charge is -2.33. The normalized spacial score (nSPS) is 17.3. The summed E-state index contributed by atoms with van der Waals surface area (Å²) in [5.41, 5.74) is 1.29. The molecule has 1 aliphatic heterocycles. The second-order valence-corrected chi connectivity index (χ2v) is 6.48. The van der Waals surface area contributed by atoms with Crippen molar-refractivity contribution in [2.45, 2.75) is 12.6 Å². The fourth-order valence-corrected chi connectivity index (χ4v) is 2.99. The molecule has 3 rings (SSSR count). The Morgan fingerprint density at radius 3 is 2.63 bits per heavy atom. The van der Waals surface area contributed by atoms with Gasteiger partial charge in [0.05, 0.1) is 19.8 Å². The third-order valence-corrected chi connectivity index (χ3v) is 4.43. The van der Waals surface area contributed by atoms with Crippen molar-refractivity contribution < 1.29 is 19.0 Å². The first-order valence-corrected chi connectivity index (χ1v) is 9.14. The number of ether oxygens (including phenoxy) is 3. The number of hydrogen-bond donors (Lipinski definition) is 1. The summed E-state index contributed by atoms with van der Waals surface area (Å²) < 4.78 is 16.4. The van der Waals surface area contributed by atoms with E-state index < -0.39 is 0 Å². The predicted molar refractivity (Wildman–Crippen MR) is 103 cm³/mol. The predicted octanol–water partition coefficient (Wildman–Crippen LogP) is 2.09. The number of carbonyl (C=O) groups excluding carboxylic acids is 1. The third kappa shape index (κ3) is 6.27. The summed E-state index contributed by atoms with van der Waals surface area (Å²) in [6, 6.07) is 17.5. The van der Waals surface area contributed by atoms with Gasteiger partial charge in [-0.2, -0.15) is 0 Å². The summed E-state index contributed by atoms with van der Waals surface area (Å²) in [7, 11) is 1.61. The first-order chi connectivity index (χ1) is 13.2. The number of morpholine rings is 1. The van der Waals surface area contributed by atoms with Crippen LogP contribution in [0.2, 0.25) is 0 Å². The average Bonchev–Trinajstić information content (AvgIpc) is 2.72. The van der Waals surface area contributed by atoms with E-state index in [4.69, 9.17) is 14.2 Å². The van der Waals surface area contributed by atoms with E-state index in [9.17, 15) is 4.79 Å². The van der Waals surface area contributed by atoms with Gasteiger partial charge in [-0.25, -0.2) is 0 Å². The molecule has 0 bridgehead atoms. The molecule has 1 aliphatic rings. The lowest BCUT2D eigenvalue weighted by atomic mass is 10.2. The number of rotatable bonds is 8. The minimum Gasteiger partial charge on any atom is -0.497 e. The Labute approximate surface area is 160 Å². The summed E-state index contributed by atoms with van der Waals surface area (Å²) >= 11 is 0.